The van der Waals surface area contributed by atoms with E-state index >= 15 is 0 Å². The maximum Gasteiger partial charge on any atom is 0.284 e. The number of aromatic nitrogens is 1. The van der Waals surface area contributed by atoms with Gasteiger partial charge in [-0.2, -0.15) is 4.37 Å². The summed E-state index contributed by atoms with van der Waals surface area (Å²) in [6.07, 6.45) is 0. The molecular formula is C17H15N3O3S2. The SMILES string of the molecule is CC(NC(=O)c1ccc(C(=O)NO)s1)c1cc(-c2ccccc2)sn1. The van der Waals surface area contributed by atoms with E-state index in [0.29, 0.717) is 4.88 Å². The Bertz CT molecular complexity index is 889. The molecule has 0 aliphatic heterocycles. The lowest BCUT2D eigenvalue weighted by Gasteiger charge is -2.10. The van der Waals surface area contributed by atoms with E-state index in [9.17, 15) is 9.59 Å². The number of hydrogen-bond acceptors (Lipinski definition) is 6. The van der Waals surface area contributed by atoms with Crippen LogP contribution in [0.25, 0.3) is 10.4 Å². The number of carbonyl (C=O) groups is 2. The lowest BCUT2D eigenvalue weighted by molar-refractivity contribution is 0.0711. The highest BCUT2D eigenvalue weighted by atomic mass is 32.1. The third-order valence-corrected chi connectivity index (χ3v) is 5.47. The lowest BCUT2D eigenvalue weighted by atomic mass is 10.1. The molecule has 25 heavy (non-hydrogen) atoms. The summed E-state index contributed by atoms with van der Waals surface area (Å²) in [5.41, 5.74) is 3.42. The number of hydroxylamine groups is 1. The summed E-state index contributed by atoms with van der Waals surface area (Å²) in [4.78, 5) is 25.3. The van der Waals surface area contributed by atoms with Crippen molar-refractivity contribution in [3.8, 4) is 10.4 Å². The van der Waals surface area contributed by atoms with E-state index in [4.69, 9.17) is 5.21 Å². The molecule has 1 aromatic carbocycles. The van der Waals surface area contributed by atoms with Crippen molar-refractivity contribution in [3.05, 3.63) is 64.0 Å². The van der Waals surface area contributed by atoms with Gasteiger partial charge in [0.2, 0.25) is 0 Å². The van der Waals surface area contributed by atoms with Gasteiger partial charge in [0.25, 0.3) is 11.8 Å². The third-order valence-electron chi connectivity index (χ3n) is 3.53. The highest BCUT2D eigenvalue weighted by Crippen LogP contribution is 2.27. The van der Waals surface area contributed by atoms with E-state index in [2.05, 4.69) is 9.69 Å². The molecule has 0 saturated carbocycles. The van der Waals surface area contributed by atoms with E-state index in [0.717, 1.165) is 27.5 Å². The van der Waals surface area contributed by atoms with Crippen LogP contribution in [0.1, 0.15) is 38.0 Å². The highest BCUT2D eigenvalue weighted by Gasteiger charge is 2.17. The number of carbonyl (C=O) groups excluding carboxylic acids is 2. The summed E-state index contributed by atoms with van der Waals surface area (Å²) < 4.78 is 4.42. The molecule has 0 radical (unpaired) electrons. The molecule has 6 nitrogen and oxygen atoms in total. The summed E-state index contributed by atoms with van der Waals surface area (Å²) in [7, 11) is 0. The number of thiophene rings is 1. The number of nitrogens with one attached hydrogen (secondary N) is 2. The van der Waals surface area contributed by atoms with Gasteiger partial charge in [0.1, 0.15) is 0 Å². The fourth-order valence-electron chi connectivity index (χ4n) is 2.21. The zero-order chi connectivity index (χ0) is 17.8. The van der Waals surface area contributed by atoms with Gasteiger partial charge in [-0.05, 0) is 42.2 Å². The average molecular weight is 373 g/mol. The van der Waals surface area contributed by atoms with Crippen molar-refractivity contribution >= 4 is 34.7 Å². The predicted octanol–water partition coefficient (Wildman–Crippen LogP) is 3.48. The number of nitrogens with zero attached hydrogens (tertiary/aromatic N) is 1. The van der Waals surface area contributed by atoms with E-state index in [1.165, 1.54) is 17.6 Å². The smallest absolute Gasteiger partial charge is 0.284 e. The van der Waals surface area contributed by atoms with Crippen molar-refractivity contribution in [1.82, 2.24) is 15.2 Å². The molecule has 2 heterocycles. The minimum absolute atomic E-state index is 0.264. The van der Waals surface area contributed by atoms with Crippen molar-refractivity contribution in [3.63, 3.8) is 0 Å². The van der Waals surface area contributed by atoms with Gasteiger partial charge in [0.15, 0.2) is 0 Å². The summed E-state index contributed by atoms with van der Waals surface area (Å²) in [6, 6.07) is 14.7. The molecule has 128 valence electrons. The summed E-state index contributed by atoms with van der Waals surface area (Å²) in [5, 5.41) is 11.5. The van der Waals surface area contributed by atoms with Gasteiger partial charge < -0.3 is 5.32 Å². The molecule has 3 aromatic rings. The normalized spacial score (nSPS) is 11.8. The molecule has 2 amide bonds. The first-order valence-corrected chi connectivity index (χ1v) is 9.04. The first-order chi connectivity index (χ1) is 12.1. The topological polar surface area (TPSA) is 91.3 Å². The first kappa shape index (κ1) is 17.3. The standard InChI is InChI=1S/C17H15N3O3S2/c1-10(12-9-15(25-20-12)11-5-3-2-4-6-11)18-16(21)13-7-8-14(24-13)17(22)19-23/h2-10,23H,1H3,(H,18,21)(H,19,22). The van der Waals surface area contributed by atoms with Crippen LogP contribution in [-0.2, 0) is 0 Å². The zero-order valence-electron chi connectivity index (χ0n) is 13.2. The van der Waals surface area contributed by atoms with Crippen LogP contribution in [0.2, 0.25) is 0 Å². The second kappa shape index (κ2) is 7.56. The van der Waals surface area contributed by atoms with Crippen LogP contribution in [0.15, 0.2) is 48.5 Å². The molecule has 1 atom stereocenters. The third kappa shape index (κ3) is 3.93. The number of hydrogen-bond donors (Lipinski definition) is 3. The largest absolute Gasteiger partial charge is 0.343 e. The van der Waals surface area contributed by atoms with Crippen molar-refractivity contribution in [2.45, 2.75) is 13.0 Å². The second-order valence-electron chi connectivity index (χ2n) is 5.28. The van der Waals surface area contributed by atoms with Crippen molar-refractivity contribution in [1.29, 1.82) is 0 Å². The Morgan fingerprint density at radius 1 is 1.08 bits per heavy atom. The fourth-order valence-corrected chi connectivity index (χ4v) is 3.84. The van der Waals surface area contributed by atoms with Gasteiger partial charge in [-0.1, -0.05) is 30.3 Å². The molecule has 0 fully saturated rings. The van der Waals surface area contributed by atoms with Crippen LogP contribution in [0.3, 0.4) is 0 Å². The minimum Gasteiger partial charge on any atom is -0.343 e. The van der Waals surface area contributed by atoms with E-state index in [-0.39, 0.29) is 16.8 Å². The first-order valence-electron chi connectivity index (χ1n) is 7.45. The van der Waals surface area contributed by atoms with Crippen LogP contribution in [0, 0.1) is 0 Å². The van der Waals surface area contributed by atoms with Gasteiger partial charge >= 0.3 is 0 Å². The molecule has 0 spiro atoms. The van der Waals surface area contributed by atoms with Gasteiger partial charge in [0.05, 0.1) is 26.4 Å². The highest BCUT2D eigenvalue weighted by molar-refractivity contribution is 7.16. The molecule has 1 unspecified atom stereocenters. The van der Waals surface area contributed by atoms with Crippen LogP contribution in [-0.4, -0.2) is 21.4 Å². The Balaban J connectivity index is 1.69. The molecule has 3 N–H and O–H groups in total. The lowest BCUT2D eigenvalue weighted by Crippen LogP contribution is -2.26. The molecule has 8 heteroatoms. The Morgan fingerprint density at radius 2 is 1.76 bits per heavy atom. The molecule has 2 aromatic heterocycles. The van der Waals surface area contributed by atoms with Crippen LogP contribution in [0.4, 0.5) is 0 Å². The fraction of sp³-hybridized carbons (Fsp3) is 0.118. The summed E-state index contributed by atoms with van der Waals surface area (Å²) in [6.45, 7) is 1.86. The maximum absolute atomic E-state index is 12.3. The summed E-state index contributed by atoms with van der Waals surface area (Å²) >= 11 is 2.40. The molecule has 0 aliphatic rings. The molecule has 0 aliphatic carbocycles. The molecule has 0 saturated heterocycles. The van der Waals surface area contributed by atoms with Crippen LogP contribution < -0.4 is 10.8 Å². The Hall–Kier alpha value is -2.55. The van der Waals surface area contributed by atoms with Crippen molar-refractivity contribution in [2.75, 3.05) is 0 Å². The van der Waals surface area contributed by atoms with Gasteiger partial charge in [-0.15, -0.1) is 11.3 Å². The molecule has 3 rings (SSSR count). The second-order valence-corrected chi connectivity index (χ2v) is 7.17. The van der Waals surface area contributed by atoms with Gasteiger partial charge in [-0.3, -0.25) is 14.8 Å². The van der Waals surface area contributed by atoms with E-state index in [1.54, 1.807) is 11.5 Å². The Labute approximate surface area is 152 Å². The van der Waals surface area contributed by atoms with E-state index < -0.39 is 5.91 Å². The Morgan fingerprint density at radius 3 is 2.44 bits per heavy atom. The van der Waals surface area contributed by atoms with Gasteiger partial charge in [-0.25, -0.2) is 5.48 Å². The van der Waals surface area contributed by atoms with Crippen LogP contribution >= 0.6 is 22.9 Å². The maximum atomic E-state index is 12.3. The Kier molecular flexibility index (Phi) is 5.22. The quantitative estimate of drug-likeness (QED) is 0.472. The average Bonchev–Trinajstić information content (AvgIpc) is 3.31. The predicted molar refractivity (Wildman–Crippen MR) is 97.0 cm³/mol. The number of benzene rings is 1. The van der Waals surface area contributed by atoms with Gasteiger partial charge in [0, 0.05) is 0 Å². The van der Waals surface area contributed by atoms with Crippen molar-refractivity contribution in [2.24, 2.45) is 0 Å². The van der Waals surface area contributed by atoms with Crippen LogP contribution in [0.5, 0.6) is 0 Å². The molecule has 0 bridgehead atoms. The minimum atomic E-state index is -0.635. The molecular weight excluding hydrogens is 358 g/mol. The zero-order valence-corrected chi connectivity index (χ0v) is 14.9. The van der Waals surface area contributed by atoms with E-state index in [1.807, 2.05) is 43.3 Å². The van der Waals surface area contributed by atoms with Crippen molar-refractivity contribution < 1.29 is 14.8 Å². The summed E-state index contributed by atoms with van der Waals surface area (Å²) in [5.74, 6) is -0.923. The monoisotopic (exact) mass is 373 g/mol. The number of rotatable bonds is 5. The number of amides is 2.